The molecule has 0 aromatic heterocycles. The smallest absolute Gasteiger partial charge is 0.122 e. The van der Waals surface area contributed by atoms with E-state index in [1.807, 2.05) is 12.1 Å². The van der Waals surface area contributed by atoms with Crippen molar-refractivity contribution in [3.63, 3.8) is 0 Å². The van der Waals surface area contributed by atoms with E-state index in [2.05, 4.69) is 18.3 Å². The first-order chi connectivity index (χ1) is 9.24. The number of benzene rings is 1. The summed E-state index contributed by atoms with van der Waals surface area (Å²) in [6.07, 6.45) is 6.34. The van der Waals surface area contributed by atoms with Gasteiger partial charge in [0.2, 0.25) is 0 Å². The quantitative estimate of drug-likeness (QED) is 0.879. The summed E-state index contributed by atoms with van der Waals surface area (Å²) in [5.74, 6) is 1.66. The molecule has 1 aliphatic carbocycles. The molecule has 1 aromatic rings. The summed E-state index contributed by atoms with van der Waals surface area (Å²) in [5.41, 5.74) is 1.24. The van der Waals surface area contributed by atoms with Crippen LogP contribution >= 0.6 is 11.6 Å². The highest BCUT2D eigenvalue weighted by Crippen LogP contribution is 2.31. The van der Waals surface area contributed by atoms with Crippen molar-refractivity contribution in [1.82, 2.24) is 5.32 Å². The molecule has 0 saturated heterocycles. The average molecular weight is 282 g/mol. The standard InChI is InChI=1S/C16H24ClNO/c1-3-18-15-7-5-4-6-12(15)10-13-11-14(17)8-9-16(13)19-2/h8-9,11-12,15,18H,3-7,10H2,1-2H3. The molecule has 3 heteroatoms. The number of nitrogens with one attached hydrogen (secondary N) is 1. The normalized spacial score (nSPS) is 23.3. The van der Waals surface area contributed by atoms with Gasteiger partial charge in [0, 0.05) is 11.1 Å². The van der Waals surface area contributed by atoms with E-state index in [4.69, 9.17) is 16.3 Å². The van der Waals surface area contributed by atoms with Gasteiger partial charge in [0.1, 0.15) is 5.75 Å². The van der Waals surface area contributed by atoms with Gasteiger partial charge in [0.05, 0.1) is 7.11 Å². The Bertz CT molecular complexity index is 406. The third-order valence-electron chi connectivity index (χ3n) is 4.10. The summed E-state index contributed by atoms with van der Waals surface area (Å²) in [6.45, 7) is 3.24. The molecule has 106 valence electrons. The van der Waals surface area contributed by atoms with E-state index >= 15 is 0 Å². The minimum Gasteiger partial charge on any atom is -0.496 e. The Balaban J connectivity index is 2.11. The fourth-order valence-corrected chi connectivity index (χ4v) is 3.37. The molecule has 19 heavy (non-hydrogen) atoms. The molecule has 1 aliphatic rings. The Morgan fingerprint density at radius 1 is 1.32 bits per heavy atom. The molecule has 1 fully saturated rings. The Hall–Kier alpha value is -0.730. The SMILES string of the molecule is CCNC1CCCCC1Cc1cc(Cl)ccc1OC. The molecule has 0 amide bonds. The maximum Gasteiger partial charge on any atom is 0.122 e. The zero-order chi connectivity index (χ0) is 13.7. The van der Waals surface area contributed by atoms with Gasteiger partial charge < -0.3 is 10.1 Å². The van der Waals surface area contributed by atoms with Crippen molar-refractivity contribution >= 4 is 11.6 Å². The van der Waals surface area contributed by atoms with Crippen LogP contribution in [0.5, 0.6) is 5.75 Å². The first kappa shape index (κ1) is 14.7. The number of halogens is 1. The molecule has 2 unspecified atom stereocenters. The van der Waals surface area contributed by atoms with Gasteiger partial charge in [0.25, 0.3) is 0 Å². The van der Waals surface area contributed by atoms with Gasteiger partial charge >= 0.3 is 0 Å². The second kappa shape index (κ2) is 7.16. The molecule has 1 N–H and O–H groups in total. The molecule has 1 aromatic carbocycles. The van der Waals surface area contributed by atoms with Crippen LogP contribution in [0.25, 0.3) is 0 Å². The molecule has 0 heterocycles. The maximum absolute atomic E-state index is 6.12. The fourth-order valence-electron chi connectivity index (χ4n) is 3.17. The number of hydrogen-bond donors (Lipinski definition) is 1. The van der Waals surface area contributed by atoms with E-state index in [0.29, 0.717) is 12.0 Å². The lowest BCUT2D eigenvalue weighted by atomic mass is 9.80. The summed E-state index contributed by atoms with van der Waals surface area (Å²) in [5, 5.41) is 4.43. The van der Waals surface area contributed by atoms with Gasteiger partial charge in [0.15, 0.2) is 0 Å². The van der Waals surface area contributed by atoms with E-state index in [9.17, 15) is 0 Å². The fraction of sp³-hybridized carbons (Fsp3) is 0.625. The lowest BCUT2D eigenvalue weighted by molar-refractivity contribution is 0.262. The molecular weight excluding hydrogens is 258 g/mol. The van der Waals surface area contributed by atoms with Crippen molar-refractivity contribution < 1.29 is 4.74 Å². The van der Waals surface area contributed by atoms with Crippen molar-refractivity contribution in [2.75, 3.05) is 13.7 Å². The van der Waals surface area contributed by atoms with Crippen LogP contribution in [0.4, 0.5) is 0 Å². The number of ether oxygens (including phenoxy) is 1. The Labute approximate surface area is 121 Å². The number of hydrogen-bond acceptors (Lipinski definition) is 2. The van der Waals surface area contributed by atoms with E-state index < -0.39 is 0 Å². The summed E-state index contributed by atoms with van der Waals surface area (Å²) in [6, 6.07) is 6.57. The van der Waals surface area contributed by atoms with Gasteiger partial charge in [-0.25, -0.2) is 0 Å². The average Bonchev–Trinajstić information content (AvgIpc) is 2.42. The first-order valence-corrected chi connectivity index (χ1v) is 7.68. The van der Waals surface area contributed by atoms with Gasteiger partial charge in [-0.1, -0.05) is 31.4 Å². The summed E-state index contributed by atoms with van der Waals surface area (Å²) >= 11 is 6.12. The van der Waals surface area contributed by atoms with E-state index in [-0.39, 0.29) is 0 Å². The second-order valence-corrected chi connectivity index (χ2v) is 5.81. The zero-order valence-electron chi connectivity index (χ0n) is 11.9. The van der Waals surface area contributed by atoms with Crippen LogP contribution in [0.2, 0.25) is 5.02 Å². The van der Waals surface area contributed by atoms with Crippen LogP contribution in [-0.4, -0.2) is 19.7 Å². The van der Waals surface area contributed by atoms with Gasteiger partial charge in [-0.2, -0.15) is 0 Å². The molecule has 0 spiro atoms. The van der Waals surface area contributed by atoms with Crippen molar-refractivity contribution in [3.8, 4) is 5.75 Å². The Morgan fingerprint density at radius 3 is 2.84 bits per heavy atom. The van der Waals surface area contributed by atoms with Crippen LogP contribution in [0.1, 0.15) is 38.2 Å². The highest BCUT2D eigenvalue weighted by atomic mass is 35.5. The monoisotopic (exact) mass is 281 g/mol. The molecule has 0 bridgehead atoms. The van der Waals surface area contributed by atoms with Crippen molar-refractivity contribution in [2.45, 2.75) is 45.1 Å². The van der Waals surface area contributed by atoms with Crippen molar-refractivity contribution in [1.29, 1.82) is 0 Å². The number of rotatable bonds is 5. The van der Waals surface area contributed by atoms with Gasteiger partial charge in [-0.05, 0) is 55.5 Å². The number of methoxy groups -OCH3 is 1. The lowest BCUT2D eigenvalue weighted by Crippen LogP contribution is -2.39. The zero-order valence-corrected chi connectivity index (χ0v) is 12.7. The van der Waals surface area contributed by atoms with Crippen LogP contribution < -0.4 is 10.1 Å². The molecule has 0 radical (unpaired) electrons. The minimum atomic E-state index is 0.641. The van der Waals surface area contributed by atoms with Crippen LogP contribution in [-0.2, 0) is 6.42 Å². The van der Waals surface area contributed by atoms with Crippen molar-refractivity contribution in [3.05, 3.63) is 28.8 Å². The van der Waals surface area contributed by atoms with Crippen molar-refractivity contribution in [2.24, 2.45) is 5.92 Å². The predicted molar refractivity (Wildman–Crippen MR) is 81.1 cm³/mol. The van der Waals surface area contributed by atoms with Gasteiger partial charge in [-0.15, -0.1) is 0 Å². The third kappa shape index (κ3) is 3.87. The van der Waals surface area contributed by atoms with E-state index in [0.717, 1.165) is 23.7 Å². The maximum atomic E-state index is 6.12. The third-order valence-corrected chi connectivity index (χ3v) is 4.34. The summed E-state index contributed by atoms with van der Waals surface area (Å²) in [7, 11) is 1.73. The highest BCUT2D eigenvalue weighted by molar-refractivity contribution is 6.30. The highest BCUT2D eigenvalue weighted by Gasteiger charge is 2.25. The minimum absolute atomic E-state index is 0.641. The lowest BCUT2D eigenvalue weighted by Gasteiger charge is -2.32. The predicted octanol–water partition coefficient (Wildman–Crippen LogP) is 4.06. The van der Waals surface area contributed by atoms with Crippen LogP contribution in [0.3, 0.4) is 0 Å². The first-order valence-electron chi connectivity index (χ1n) is 7.30. The van der Waals surface area contributed by atoms with Crippen LogP contribution in [0.15, 0.2) is 18.2 Å². The van der Waals surface area contributed by atoms with Crippen LogP contribution in [0, 0.1) is 5.92 Å². The molecular formula is C16H24ClNO. The van der Waals surface area contributed by atoms with E-state index in [1.165, 1.54) is 31.2 Å². The largest absolute Gasteiger partial charge is 0.496 e. The summed E-state index contributed by atoms with van der Waals surface area (Å²) in [4.78, 5) is 0. The Kier molecular flexibility index (Phi) is 5.53. The summed E-state index contributed by atoms with van der Waals surface area (Å²) < 4.78 is 5.46. The van der Waals surface area contributed by atoms with E-state index in [1.54, 1.807) is 7.11 Å². The molecule has 2 atom stereocenters. The Morgan fingerprint density at radius 2 is 2.11 bits per heavy atom. The van der Waals surface area contributed by atoms with Gasteiger partial charge in [-0.3, -0.25) is 0 Å². The second-order valence-electron chi connectivity index (χ2n) is 5.37. The molecule has 2 nitrogen and oxygen atoms in total. The topological polar surface area (TPSA) is 21.3 Å². The molecule has 0 aliphatic heterocycles. The molecule has 1 saturated carbocycles. The molecule has 2 rings (SSSR count).